The van der Waals surface area contributed by atoms with Gasteiger partial charge in [0.25, 0.3) is 5.91 Å². The molecule has 0 saturated carbocycles. The van der Waals surface area contributed by atoms with Crippen LogP contribution < -0.4 is 4.90 Å². The number of hydrogen-bond acceptors (Lipinski definition) is 4. The Balaban J connectivity index is 1.38. The van der Waals surface area contributed by atoms with Gasteiger partial charge in [-0.15, -0.1) is 0 Å². The summed E-state index contributed by atoms with van der Waals surface area (Å²) < 4.78 is 0. The van der Waals surface area contributed by atoms with Crippen LogP contribution in [0.1, 0.15) is 21.5 Å². The zero-order chi connectivity index (χ0) is 17.9. The number of anilines is 1. The van der Waals surface area contributed by atoms with Crippen LogP contribution in [0.15, 0.2) is 48.5 Å². The van der Waals surface area contributed by atoms with Crippen molar-refractivity contribution in [3.8, 4) is 0 Å². The van der Waals surface area contributed by atoms with Crippen molar-refractivity contribution in [3.63, 3.8) is 0 Å². The van der Waals surface area contributed by atoms with Gasteiger partial charge in [-0.25, -0.2) is 0 Å². The fraction of sp³-hybridized carbons (Fsp3) is 0.381. The highest BCUT2D eigenvalue weighted by molar-refractivity contribution is 5.94. The highest BCUT2D eigenvalue weighted by atomic mass is 16.3. The summed E-state index contributed by atoms with van der Waals surface area (Å²) in [5, 5.41) is 9.02. The summed E-state index contributed by atoms with van der Waals surface area (Å²) in [5.74, 6) is 0.102. The topological polar surface area (TPSA) is 47.0 Å². The van der Waals surface area contributed by atoms with Gasteiger partial charge in [0.05, 0.1) is 6.61 Å². The van der Waals surface area contributed by atoms with Crippen molar-refractivity contribution in [1.29, 1.82) is 0 Å². The average molecular weight is 351 g/mol. The average Bonchev–Trinajstić information content (AvgIpc) is 3.13. The molecule has 1 N–H and O–H groups in total. The lowest BCUT2D eigenvalue weighted by molar-refractivity contribution is 0.0615. The van der Waals surface area contributed by atoms with Gasteiger partial charge in [-0.3, -0.25) is 9.69 Å². The molecule has 1 fully saturated rings. The molecule has 0 radical (unpaired) electrons. The van der Waals surface area contributed by atoms with Gasteiger partial charge < -0.3 is 14.9 Å². The number of amides is 1. The second kappa shape index (κ2) is 7.48. The van der Waals surface area contributed by atoms with Gasteiger partial charge in [-0.1, -0.05) is 24.3 Å². The van der Waals surface area contributed by atoms with E-state index in [0.29, 0.717) is 6.54 Å². The second-order valence-electron chi connectivity index (χ2n) is 7.03. The normalized spacial score (nSPS) is 17.4. The number of carbonyl (C=O) groups is 1. The smallest absolute Gasteiger partial charge is 0.253 e. The number of nitrogens with zero attached hydrogens (tertiary/aromatic N) is 3. The van der Waals surface area contributed by atoms with E-state index < -0.39 is 0 Å². The van der Waals surface area contributed by atoms with Crippen LogP contribution in [-0.4, -0.2) is 60.1 Å². The van der Waals surface area contributed by atoms with Gasteiger partial charge in [-0.05, 0) is 35.4 Å². The summed E-state index contributed by atoms with van der Waals surface area (Å²) in [7, 11) is 0. The van der Waals surface area contributed by atoms with Crippen LogP contribution in [0.3, 0.4) is 0 Å². The maximum absolute atomic E-state index is 12.7. The van der Waals surface area contributed by atoms with E-state index in [9.17, 15) is 4.79 Å². The third kappa shape index (κ3) is 3.45. The highest BCUT2D eigenvalue weighted by Crippen LogP contribution is 2.28. The Hall–Kier alpha value is -2.37. The van der Waals surface area contributed by atoms with Gasteiger partial charge in [0, 0.05) is 57.1 Å². The van der Waals surface area contributed by atoms with Gasteiger partial charge in [0.15, 0.2) is 0 Å². The molecule has 136 valence electrons. The number of aliphatic hydroxyl groups excluding tert-OH is 1. The Morgan fingerprint density at radius 3 is 2.08 bits per heavy atom. The third-order valence-corrected chi connectivity index (χ3v) is 5.40. The first kappa shape index (κ1) is 17.1. The van der Waals surface area contributed by atoms with Crippen LogP contribution in [0.5, 0.6) is 0 Å². The Labute approximate surface area is 154 Å². The van der Waals surface area contributed by atoms with E-state index in [0.717, 1.165) is 50.5 Å². The van der Waals surface area contributed by atoms with Crippen molar-refractivity contribution >= 4 is 11.6 Å². The van der Waals surface area contributed by atoms with Gasteiger partial charge in [0.1, 0.15) is 0 Å². The van der Waals surface area contributed by atoms with Crippen molar-refractivity contribution in [2.75, 3.05) is 44.2 Å². The lowest BCUT2D eigenvalue weighted by Gasteiger charge is -2.34. The largest absolute Gasteiger partial charge is 0.395 e. The molecule has 2 aromatic rings. The molecule has 0 aliphatic carbocycles. The van der Waals surface area contributed by atoms with Crippen LogP contribution >= 0.6 is 0 Å². The predicted octanol–water partition coefficient (Wildman–Crippen LogP) is 1.96. The Kier molecular flexibility index (Phi) is 4.91. The molecular weight excluding hydrogens is 326 g/mol. The molecule has 0 bridgehead atoms. The van der Waals surface area contributed by atoms with Crippen LogP contribution in [0.25, 0.3) is 0 Å². The fourth-order valence-corrected chi connectivity index (χ4v) is 3.83. The van der Waals surface area contributed by atoms with Crippen LogP contribution in [0.2, 0.25) is 0 Å². The zero-order valence-electron chi connectivity index (χ0n) is 15.0. The number of piperazine rings is 1. The first-order valence-corrected chi connectivity index (χ1v) is 9.29. The Bertz CT molecular complexity index is 742. The monoisotopic (exact) mass is 351 g/mol. The van der Waals surface area contributed by atoms with Crippen molar-refractivity contribution in [3.05, 3.63) is 65.2 Å². The van der Waals surface area contributed by atoms with Gasteiger partial charge >= 0.3 is 0 Å². The molecule has 1 amide bonds. The summed E-state index contributed by atoms with van der Waals surface area (Å²) in [6.45, 7) is 5.83. The molecular formula is C21H25N3O2. The highest BCUT2D eigenvalue weighted by Gasteiger charge is 2.23. The number of hydrogen-bond donors (Lipinski definition) is 1. The molecule has 2 aliphatic heterocycles. The summed E-state index contributed by atoms with van der Waals surface area (Å²) in [6.07, 6.45) is 0. The predicted molar refractivity (Wildman–Crippen MR) is 102 cm³/mol. The van der Waals surface area contributed by atoms with Crippen molar-refractivity contribution in [2.45, 2.75) is 13.1 Å². The molecule has 2 aliphatic rings. The van der Waals surface area contributed by atoms with Crippen molar-refractivity contribution in [2.24, 2.45) is 0 Å². The molecule has 0 unspecified atom stereocenters. The number of benzene rings is 2. The SMILES string of the molecule is O=C(c1ccc(N2Cc3ccccc3C2)cc1)N1CCN(CCO)CC1. The molecule has 1 saturated heterocycles. The Morgan fingerprint density at radius 1 is 0.885 bits per heavy atom. The Morgan fingerprint density at radius 2 is 1.50 bits per heavy atom. The molecule has 0 spiro atoms. The van der Waals surface area contributed by atoms with E-state index in [2.05, 4.69) is 46.2 Å². The quantitative estimate of drug-likeness (QED) is 0.915. The minimum Gasteiger partial charge on any atom is -0.395 e. The van der Waals surface area contributed by atoms with Crippen molar-refractivity contribution < 1.29 is 9.90 Å². The van der Waals surface area contributed by atoms with E-state index in [1.54, 1.807) is 0 Å². The number of β-amino-alcohol motifs (C(OH)–C–C–N with tert-alkyl or cyclic N) is 1. The van der Waals surface area contributed by atoms with Crippen LogP contribution in [0.4, 0.5) is 5.69 Å². The van der Waals surface area contributed by atoms with Gasteiger partial charge in [-0.2, -0.15) is 0 Å². The summed E-state index contributed by atoms with van der Waals surface area (Å²) in [4.78, 5) is 19.2. The molecule has 2 heterocycles. The molecule has 26 heavy (non-hydrogen) atoms. The zero-order valence-corrected chi connectivity index (χ0v) is 15.0. The maximum Gasteiger partial charge on any atom is 0.253 e. The molecule has 0 atom stereocenters. The maximum atomic E-state index is 12.7. The lowest BCUT2D eigenvalue weighted by atomic mass is 10.1. The summed E-state index contributed by atoms with van der Waals surface area (Å²) in [5.41, 5.74) is 4.67. The van der Waals surface area contributed by atoms with E-state index >= 15 is 0 Å². The second-order valence-corrected chi connectivity index (χ2v) is 7.03. The molecule has 4 rings (SSSR count). The number of aliphatic hydroxyl groups is 1. The minimum absolute atomic E-state index is 0.102. The van der Waals surface area contributed by atoms with E-state index in [1.807, 2.05) is 17.0 Å². The van der Waals surface area contributed by atoms with E-state index in [-0.39, 0.29) is 12.5 Å². The van der Waals surface area contributed by atoms with Crippen LogP contribution in [-0.2, 0) is 13.1 Å². The van der Waals surface area contributed by atoms with Crippen LogP contribution in [0, 0.1) is 0 Å². The minimum atomic E-state index is 0.102. The number of rotatable bonds is 4. The summed E-state index contributed by atoms with van der Waals surface area (Å²) in [6, 6.07) is 16.5. The van der Waals surface area contributed by atoms with E-state index in [1.165, 1.54) is 11.1 Å². The standard InChI is InChI=1S/C21H25N3O2/c25-14-13-22-9-11-23(12-10-22)21(26)17-5-7-20(8-6-17)24-15-18-3-1-2-4-19(18)16-24/h1-8,25H,9-16H2. The summed E-state index contributed by atoms with van der Waals surface area (Å²) >= 11 is 0. The fourth-order valence-electron chi connectivity index (χ4n) is 3.83. The number of carbonyl (C=O) groups excluding carboxylic acids is 1. The third-order valence-electron chi connectivity index (χ3n) is 5.40. The van der Waals surface area contributed by atoms with Gasteiger partial charge in [0.2, 0.25) is 0 Å². The first-order valence-electron chi connectivity index (χ1n) is 9.29. The molecule has 5 heteroatoms. The molecule has 5 nitrogen and oxygen atoms in total. The molecule has 0 aromatic heterocycles. The first-order chi connectivity index (χ1) is 12.7. The van der Waals surface area contributed by atoms with E-state index in [4.69, 9.17) is 5.11 Å². The number of fused-ring (bicyclic) bond motifs is 1. The lowest BCUT2D eigenvalue weighted by Crippen LogP contribution is -2.49. The van der Waals surface area contributed by atoms with Crippen molar-refractivity contribution in [1.82, 2.24) is 9.80 Å². The molecule has 2 aromatic carbocycles.